The van der Waals surface area contributed by atoms with Gasteiger partial charge >= 0.3 is 0 Å². The van der Waals surface area contributed by atoms with Crippen molar-refractivity contribution >= 4 is 21.4 Å². The average molecular weight is 761 g/mol. The molecule has 0 fully saturated rings. The molecule has 3 N–H and O–H groups in total. The summed E-state index contributed by atoms with van der Waals surface area (Å²) in [5.41, 5.74) is 23.6. The Hall–Kier alpha value is -6.78. The summed E-state index contributed by atoms with van der Waals surface area (Å²) in [5, 5.41) is 5.35. The monoisotopic (exact) mass is 760 g/mol. The van der Waals surface area contributed by atoms with Gasteiger partial charge in [0.1, 0.15) is 0 Å². The molecule has 0 amide bonds. The van der Waals surface area contributed by atoms with Gasteiger partial charge in [-0.25, -0.2) is 0 Å². The van der Waals surface area contributed by atoms with Crippen molar-refractivity contribution in [3.8, 4) is 43.8 Å². The van der Waals surface area contributed by atoms with Crippen molar-refractivity contribution in [3.05, 3.63) is 251 Å². The molecular formula is C55H40N2S. The molecule has 0 saturated carbocycles. The maximum absolute atomic E-state index is 6.14. The number of hydrogen-bond donors (Lipinski definition) is 2. The quantitative estimate of drug-likeness (QED) is 0.162. The first-order valence-corrected chi connectivity index (χ1v) is 20.9. The summed E-state index contributed by atoms with van der Waals surface area (Å²) in [6.45, 7) is 0. The highest BCUT2D eigenvalue weighted by molar-refractivity contribution is 7.22. The molecular weight excluding hydrogens is 721 g/mol. The van der Waals surface area contributed by atoms with Crippen molar-refractivity contribution in [2.45, 2.75) is 17.5 Å². The van der Waals surface area contributed by atoms with E-state index in [9.17, 15) is 0 Å². The largest absolute Gasteiger partial charge is 0.405 e. The van der Waals surface area contributed by atoms with Gasteiger partial charge in [0.15, 0.2) is 0 Å². The Morgan fingerprint density at radius 3 is 1.78 bits per heavy atom. The summed E-state index contributed by atoms with van der Waals surface area (Å²) in [6, 6.07) is 73.2. The molecule has 9 aromatic rings. The zero-order valence-corrected chi connectivity index (χ0v) is 32.7. The predicted octanol–water partition coefficient (Wildman–Crippen LogP) is 13.5. The summed E-state index contributed by atoms with van der Waals surface area (Å²) in [4.78, 5) is 1.38. The Kier molecular flexibility index (Phi) is 8.32. The molecule has 1 heterocycles. The van der Waals surface area contributed by atoms with E-state index >= 15 is 0 Å². The Bertz CT molecular complexity index is 2950. The van der Waals surface area contributed by atoms with Gasteiger partial charge in [-0.1, -0.05) is 188 Å². The lowest BCUT2D eigenvalue weighted by molar-refractivity contribution is 0.551. The first-order valence-electron chi connectivity index (χ1n) is 20.0. The predicted molar refractivity (Wildman–Crippen MR) is 243 cm³/mol. The highest BCUT2D eigenvalue weighted by Crippen LogP contribution is 2.67. The third-order valence-electron chi connectivity index (χ3n) is 12.3. The van der Waals surface area contributed by atoms with E-state index in [1.54, 1.807) is 6.20 Å². The molecule has 1 aromatic heterocycles. The average Bonchev–Trinajstić information content (AvgIpc) is 3.92. The Morgan fingerprint density at radius 1 is 0.466 bits per heavy atom. The van der Waals surface area contributed by atoms with Gasteiger partial charge in [0, 0.05) is 9.58 Å². The molecule has 1 spiro atoms. The van der Waals surface area contributed by atoms with Crippen LogP contribution in [0.4, 0.5) is 0 Å². The van der Waals surface area contributed by atoms with Gasteiger partial charge in [0.05, 0.1) is 17.5 Å². The first kappa shape index (κ1) is 34.5. The van der Waals surface area contributed by atoms with Crippen LogP contribution in [-0.2, 0) is 5.41 Å². The van der Waals surface area contributed by atoms with Crippen molar-refractivity contribution in [1.82, 2.24) is 5.32 Å². The number of nitrogens with two attached hydrogens (primary N) is 1. The fourth-order valence-corrected chi connectivity index (χ4v) is 11.2. The second-order valence-corrected chi connectivity index (χ2v) is 16.4. The molecule has 2 nitrogen and oxygen atoms in total. The van der Waals surface area contributed by atoms with Crippen molar-refractivity contribution in [2.24, 2.45) is 5.73 Å². The fourth-order valence-electron chi connectivity index (χ4n) is 9.87. The molecule has 2 aliphatic rings. The molecule has 276 valence electrons. The molecule has 3 heteroatoms. The molecule has 58 heavy (non-hydrogen) atoms. The second kappa shape index (κ2) is 14.0. The number of thiophene rings is 1. The second-order valence-electron chi connectivity index (χ2n) is 15.4. The summed E-state index contributed by atoms with van der Waals surface area (Å²) in [7, 11) is 0. The van der Waals surface area contributed by atoms with Crippen molar-refractivity contribution in [3.63, 3.8) is 0 Å². The maximum Gasteiger partial charge on any atom is 0.0746 e. The minimum atomic E-state index is -0.434. The van der Waals surface area contributed by atoms with Gasteiger partial charge in [0.25, 0.3) is 0 Å². The Morgan fingerprint density at radius 2 is 1.03 bits per heavy atom. The van der Waals surface area contributed by atoms with Gasteiger partial charge < -0.3 is 5.73 Å². The number of benzene rings is 8. The lowest BCUT2D eigenvalue weighted by atomic mass is 9.68. The van der Waals surface area contributed by atoms with Gasteiger partial charge in [0.2, 0.25) is 0 Å². The van der Waals surface area contributed by atoms with Crippen LogP contribution in [0.25, 0.3) is 53.9 Å². The normalized spacial score (nSPS) is 14.3. The molecule has 11 rings (SSSR count). The number of nitrogens with one attached hydrogen (secondary N) is 1. The van der Waals surface area contributed by atoms with Crippen LogP contribution < -0.4 is 11.1 Å². The summed E-state index contributed by atoms with van der Waals surface area (Å²) < 4.78 is 1.34. The lowest BCUT2D eigenvalue weighted by Crippen LogP contribution is -2.27. The highest BCUT2D eigenvalue weighted by Gasteiger charge is 2.54. The van der Waals surface area contributed by atoms with Gasteiger partial charge in [-0.3, -0.25) is 5.32 Å². The number of hydrogen-bond acceptors (Lipinski definition) is 3. The van der Waals surface area contributed by atoms with Crippen LogP contribution in [0.2, 0.25) is 0 Å². The van der Waals surface area contributed by atoms with E-state index in [0.717, 1.165) is 5.56 Å². The Balaban J connectivity index is 1.05. The Labute approximate surface area is 343 Å². The minimum absolute atomic E-state index is 0.0865. The number of rotatable bonds is 8. The fraction of sp³-hybridized carbons (Fsp3) is 0.0545. The molecule has 2 atom stereocenters. The van der Waals surface area contributed by atoms with E-state index in [2.05, 4.69) is 212 Å². The van der Waals surface area contributed by atoms with E-state index in [-0.39, 0.29) is 12.1 Å². The number of fused-ring (bicyclic) bond motifs is 12. The summed E-state index contributed by atoms with van der Waals surface area (Å²) in [6.07, 6.45) is 3.71. The molecule has 0 radical (unpaired) electrons. The molecule has 0 saturated heterocycles. The minimum Gasteiger partial charge on any atom is -0.405 e. The van der Waals surface area contributed by atoms with Crippen molar-refractivity contribution in [2.75, 3.05) is 0 Å². The highest BCUT2D eigenvalue weighted by atomic mass is 32.1. The standard InChI is InChI=1S/C55H40N2S/c56-34-33-49(41-20-13-19-40(35-41)36-15-3-1-4-16-36)57-53(38-17-5-2-6-18-38)39-31-29-37(30-32-39)42-24-14-25-46-51(42)55(52-45-23-9-12-28-50(45)58-54(46)52)47-26-10-7-21-43(47)44-22-8-11-27-48(44)55/h1-35,49,53,57H,56H2/b34-33-. The van der Waals surface area contributed by atoms with Crippen molar-refractivity contribution < 1.29 is 0 Å². The van der Waals surface area contributed by atoms with Crippen LogP contribution in [0.1, 0.15) is 51.0 Å². The van der Waals surface area contributed by atoms with E-state index in [0.29, 0.717) is 0 Å². The van der Waals surface area contributed by atoms with E-state index < -0.39 is 5.41 Å². The van der Waals surface area contributed by atoms with Gasteiger partial charge in [-0.15, -0.1) is 11.3 Å². The zero-order valence-electron chi connectivity index (χ0n) is 31.8. The summed E-state index contributed by atoms with van der Waals surface area (Å²) in [5.74, 6) is 0. The van der Waals surface area contributed by atoms with Gasteiger partial charge in [-0.05, 0) is 108 Å². The third-order valence-corrected chi connectivity index (χ3v) is 13.5. The topological polar surface area (TPSA) is 38.0 Å². The molecule has 8 aromatic carbocycles. The van der Waals surface area contributed by atoms with Crippen LogP contribution in [0.15, 0.2) is 212 Å². The maximum atomic E-state index is 6.14. The van der Waals surface area contributed by atoms with Crippen LogP contribution in [0.5, 0.6) is 0 Å². The smallest absolute Gasteiger partial charge is 0.0746 e. The zero-order chi connectivity index (χ0) is 38.6. The van der Waals surface area contributed by atoms with Crippen LogP contribution in [0.3, 0.4) is 0 Å². The van der Waals surface area contributed by atoms with Crippen LogP contribution >= 0.6 is 11.3 Å². The SMILES string of the molecule is N/C=C\C(NC(c1ccccc1)c1ccc(-c2cccc3c2C2(c4ccccc4-c4ccccc42)c2c-3sc3ccccc23)cc1)c1cccc(-c2ccccc2)c1. The van der Waals surface area contributed by atoms with Crippen molar-refractivity contribution in [1.29, 1.82) is 0 Å². The van der Waals surface area contributed by atoms with Crippen LogP contribution in [-0.4, -0.2) is 0 Å². The van der Waals surface area contributed by atoms with E-state index in [1.165, 1.54) is 87.3 Å². The third kappa shape index (κ3) is 5.28. The molecule has 2 aliphatic carbocycles. The van der Waals surface area contributed by atoms with E-state index in [1.807, 2.05) is 11.3 Å². The van der Waals surface area contributed by atoms with Crippen LogP contribution in [0, 0.1) is 0 Å². The van der Waals surface area contributed by atoms with Gasteiger partial charge in [-0.2, -0.15) is 0 Å². The lowest BCUT2D eigenvalue weighted by Gasteiger charge is -2.32. The first-order chi connectivity index (χ1) is 28.7. The molecule has 0 aliphatic heterocycles. The summed E-state index contributed by atoms with van der Waals surface area (Å²) >= 11 is 1.93. The molecule has 0 bridgehead atoms. The van der Waals surface area contributed by atoms with E-state index in [4.69, 9.17) is 5.73 Å². The molecule has 2 unspecified atom stereocenters.